The van der Waals surface area contributed by atoms with Crippen molar-refractivity contribution >= 4 is 26.0 Å². The minimum atomic E-state index is -0.340. The third-order valence-electron chi connectivity index (χ3n) is 2.38. The zero-order chi connectivity index (χ0) is 11.8. The highest BCUT2D eigenvalue weighted by Gasteiger charge is 2.21. The molecule has 3 heteroatoms. The second kappa shape index (κ2) is 8.00. The van der Waals surface area contributed by atoms with Crippen molar-refractivity contribution in [3.8, 4) is 0 Å². The fourth-order valence-corrected chi connectivity index (χ4v) is 0.603. The second-order valence-corrected chi connectivity index (χ2v) is 10.8. The van der Waals surface area contributed by atoms with Gasteiger partial charge in [0.05, 0.1) is 0 Å². The van der Waals surface area contributed by atoms with E-state index in [1.54, 1.807) is 0 Å². The Balaban J connectivity index is 0. The Kier molecular flexibility index (Phi) is 9.83. The summed E-state index contributed by atoms with van der Waals surface area (Å²) in [5.41, 5.74) is 0. The Morgan fingerprint density at radius 3 is 1.50 bits per heavy atom. The number of hydrogen-bond donors (Lipinski definition) is 1. The quantitative estimate of drug-likeness (QED) is 0.621. The van der Waals surface area contributed by atoms with Gasteiger partial charge in [0.15, 0.2) is 0 Å². The van der Waals surface area contributed by atoms with Gasteiger partial charge >= 0.3 is 0 Å². The van der Waals surface area contributed by atoms with Gasteiger partial charge in [-0.1, -0.05) is 36.7 Å². The molecular weight excluding hydrogens is 260 g/mol. The predicted molar refractivity (Wildman–Crippen MR) is 75.2 cm³/mol. The van der Waals surface area contributed by atoms with E-state index in [9.17, 15) is 0 Å². The first-order valence-electron chi connectivity index (χ1n) is 5.01. The van der Waals surface area contributed by atoms with Crippen molar-refractivity contribution in [2.75, 3.05) is 30.7 Å². The number of alkyl halides is 1. The molecule has 1 nitrogen and oxygen atoms in total. The monoisotopic (exact) mass is 286 g/mol. The van der Waals surface area contributed by atoms with Gasteiger partial charge in [0.2, 0.25) is 0 Å². The summed E-state index contributed by atoms with van der Waals surface area (Å²) in [5.74, 6) is 0. The average Bonchev–Trinajstić information content (AvgIpc) is 1.98. The third kappa shape index (κ3) is 10.9. The lowest BCUT2D eigenvalue weighted by molar-refractivity contribution is 0.287. The van der Waals surface area contributed by atoms with E-state index in [1.165, 1.54) is 0 Å². The lowest BCUT2D eigenvalue weighted by Gasteiger charge is -2.40. The van der Waals surface area contributed by atoms with Gasteiger partial charge in [-0.3, -0.25) is 0 Å². The molecule has 14 heavy (non-hydrogen) atoms. The van der Waals surface area contributed by atoms with Gasteiger partial charge in [0, 0.05) is 11.9 Å². The average molecular weight is 287 g/mol. The van der Waals surface area contributed by atoms with Gasteiger partial charge in [-0.2, -0.15) is 0 Å². The fourth-order valence-electron chi connectivity index (χ4n) is 0.206. The second-order valence-electron chi connectivity index (χ2n) is 5.07. The van der Waals surface area contributed by atoms with E-state index >= 15 is 0 Å². The molecule has 90 valence electrons. The molecule has 0 aliphatic heterocycles. The zero-order valence-corrected chi connectivity index (χ0v) is 13.0. The van der Waals surface area contributed by atoms with Crippen molar-refractivity contribution in [2.24, 2.45) is 0 Å². The molecule has 0 amide bonds. The van der Waals surface area contributed by atoms with Crippen LogP contribution in [-0.4, -0.2) is 40.6 Å². The van der Waals surface area contributed by atoms with E-state index < -0.39 is 0 Å². The van der Waals surface area contributed by atoms with Crippen molar-refractivity contribution in [1.29, 1.82) is 0 Å². The molecular formula is C11H27BrOS. The van der Waals surface area contributed by atoms with Crippen molar-refractivity contribution in [2.45, 2.75) is 38.4 Å². The summed E-state index contributed by atoms with van der Waals surface area (Å²) >= 11 is 3.24. The Bertz CT molecular complexity index is 108. The Morgan fingerprint density at radius 2 is 1.43 bits per heavy atom. The third-order valence-corrected chi connectivity index (χ3v) is 6.61. The number of hydrogen-bond acceptors (Lipinski definition) is 1. The minimum Gasteiger partial charge on any atom is -0.396 e. The summed E-state index contributed by atoms with van der Waals surface area (Å²) in [4.78, 5) is 0. The summed E-state index contributed by atoms with van der Waals surface area (Å²) in [6, 6.07) is 0. The first-order chi connectivity index (χ1) is 6.16. The van der Waals surface area contributed by atoms with Crippen LogP contribution in [0.25, 0.3) is 0 Å². The van der Waals surface area contributed by atoms with Crippen LogP contribution in [0.1, 0.15) is 33.6 Å². The van der Waals surface area contributed by atoms with Crippen LogP contribution < -0.4 is 0 Å². The lowest BCUT2D eigenvalue weighted by Crippen LogP contribution is -2.21. The van der Waals surface area contributed by atoms with Crippen LogP contribution in [0, 0.1) is 0 Å². The lowest BCUT2D eigenvalue weighted by atomic mass is 10.3. The Labute approximate surface area is 100 Å². The van der Waals surface area contributed by atoms with Crippen molar-refractivity contribution in [3.05, 3.63) is 0 Å². The van der Waals surface area contributed by atoms with Crippen LogP contribution in [0.2, 0.25) is 0 Å². The molecule has 1 N–H and O–H groups in total. The Morgan fingerprint density at radius 1 is 1.07 bits per heavy atom. The van der Waals surface area contributed by atoms with E-state index in [-0.39, 0.29) is 10.0 Å². The molecule has 0 bridgehead atoms. The smallest absolute Gasteiger partial charge is 0.0431 e. The van der Waals surface area contributed by atoms with Crippen LogP contribution in [0.15, 0.2) is 0 Å². The minimum absolute atomic E-state index is 0.325. The molecule has 0 aliphatic carbocycles. The van der Waals surface area contributed by atoms with E-state index in [1.807, 2.05) is 0 Å². The molecule has 0 fully saturated rings. The van der Waals surface area contributed by atoms with E-state index in [0.717, 1.165) is 18.2 Å². The standard InChI is InChI=1S/C7H18S.C4H9BrO/c1-7(2,3)8(4,5)6;5-3-1-2-4-6/h1-6H3;6H,1-4H2. The van der Waals surface area contributed by atoms with Crippen molar-refractivity contribution in [3.63, 3.8) is 0 Å². The van der Waals surface area contributed by atoms with E-state index in [0.29, 0.717) is 11.4 Å². The molecule has 0 radical (unpaired) electrons. The van der Waals surface area contributed by atoms with Crippen molar-refractivity contribution < 1.29 is 5.11 Å². The first-order valence-corrected chi connectivity index (χ1v) is 8.99. The maximum absolute atomic E-state index is 8.18. The SMILES string of the molecule is CC(C)(C)S(C)(C)C.OCCCCBr. The summed E-state index contributed by atoms with van der Waals surface area (Å²) < 4.78 is 0.521. The molecule has 0 unspecified atom stereocenters. The number of aliphatic hydroxyl groups is 1. The van der Waals surface area contributed by atoms with E-state index in [2.05, 4.69) is 55.5 Å². The molecule has 0 aromatic rings. The Hall–Kier alpha value is 0.790. The molecule has 0 aromatic heterocycles. The van der Waals surface area contributed by atoms with Crippen LogP contribution in [0.5, 0.6) is 0 Å². The fraction of sp³-hybridized carbons (Fsp3) is 1.00. The molecule has 0 heterocycles. The van der Waals surface area contributed by atoms with E-state index in [4.69, 9.17) is 5.11 Å². The molecule has 0 spiro atoms. The molecule has 0 rings (SSSR count). The topological polar surface area (TPSA) is 20.2 Å². The largest absolute Gasteiger partial charge is 0.396 e. The molecule has 0 saturated carbocycles. The maximum Gasteiger partial charge on any atom is 0.0431 e. The van der Waals surface area contributed by atoms with Crippen molar-refractivity contribution in [1.82, 2.24) is 0 Å². The van der Waals surface area contributed by atoms with Crippen LogP contribution in [-0.2, 0) is 0 Å². The molecule has 0 aliphatic rings. The van der Waals surface area contributed by atoms with Gasteiger partial charge in [-0.15, -0.1) is 0 Å². The van der Waals surface area contributed by atoms with Gasteiger partial charge < -0.3 is 5.11 Å². The summed E-state index contributed by atoms with van der Waals surface area (Å²) in [7, 11) is -0.340. The summed E-state index contributed by atoms with van der Waals surface area (Å²) in [5, 5.41) is 9.18. The van der Waals surface area contributed by atoms with Gasteiger partial charge in [-0.05, 0) is 36.4 Å². The van der Waals surface area contributed by atoms with Gasteiger partial charge in [-0.25, -0.2) is 10.0 Å². The van der Waals surface area contributed by atoms with Crippen LogP contribution in [0.4, 0.5) is 0 Å². The normalized spacial score (nSPS) is 13.1. The zero-order valence-electron chi connectivity index (χ0n) is 10.6. The number of aliphatic hydroxyl groups excluding tert-OH is 1. The molecule has 0 aromatic carbocycles. The highest BCUT2D eigenvalue weighted by Crippen LogP contribution is 2.48. The number of rotatable bonds is 3. The summed E-state index contributed by atoms with van der Waals surface area (Å²) in [6.07, 6.45) is 9.06. The number of unbranched alkanes of at least 4 members (excludes halogenated alkanes) is 1. The maximum atomic E-state index is 8.18. The van der Waals surface area contributed by atoms with Gasteiger partial charge in [0.25, 0.3) is 0 Å². The molecule has 0 saturated heterocycles. The predicted octanol–water partition coefficient (Wildman–Crippen LogP) is 3.63. The van der Waals surface area contributed by atoms with Crippen LogP contribution >= 0.6 is 26.0 Å². The number of halogens is 1. The van der Waals surface area contributed by atoms with Gasteiger partial charge in [0.1, 0.15) is 0 Å². The summed E-state index contributed by atoms with van der Waals surface area (Å²) in [6.45, 7) is 7.25. The van der Waals surface area contributed by atoms with Crippen LogP contribution in [0.3, 0.4) is 0 Å². The molecule has 0 atom stereocenters. The highest BCUT2D eigenvalue weighted by molar-refractivity contribution is 9.09. The first kappa shape index (κ1) is 17.2. The highest BCUT2D eigenvalue weighted by atomic mass is 79.9.